The summed E-state index contributed by atoms with van der Waals surface area (Å²) < 4.78 is 0. The lowest BCUT2D eigenvalue weighted by molar-refractivity contribution is -0.384. The fourth-order valence-corrected chi connectivity index (χ4v) is 1.27. The zero-order valence-corrected chi connectivity index (χ0v) is 10.5. The summed E-state index contributed by atoms with van der Waals surface area (Å²) in [6.07, 6.45) is 0. The lowest BCUT2D eigenvalue weighted by atomic mass is 10.0. The first kappa shape index (κ1) is 14.4. The van der Waals surface area contributed by atoms with Crippen LogP contribution in [-0.4, -0.2) is 22.3 Å². The highest BCUT2D eigenvalue weighted by Gasteiger charge is 2.28. The minimum atomic E-state index is -1.28. The summed E-state index contributed by atoms with van der Waals surface area (Å²) in [7, 11) is 0. The Labute approximate surface area is 108 Å². The zero-order chi connectivity index (χ0) is 14.8. The summed E-state index contributed by atoms with van der Waals surface area (Å²) in [4.78, 5) is 33.1. The number of nitro benzene ring substituents is 1. The quantitative estimate of drug-likeness (QED) is 0.404. The van der Waals surface area contributed by atoms with Crippen molar-refractivity contribution >= 4 is 23.2 Å². The summed E-state index contributed by atoms with van der Waals surface area (Å²) >= 11 is 0. The number of rotatable bonds is 4. The van der Waals surface area contributed by atoms with E-state index in [0.29, 0.717) is 0 Å². The molecule has 1 rings (SSSR count). The number of nitrogen functional groups attached to an aromatic ring is 1. The summed E-state index contributed by atoms with van der Waals surface area (Å²) in [5, 5.41) is 13.0. The topological polar surface area (TPSA) is 141 Å². The van der Waals surface area contributed by atoms with E-state index in [1.807, 2.05) is 0 Å². The lowest BCUT2D eigenvalue weighted by Crippen LogP contribution is -2.53. The Balaban J connectivity index is 3.09. The van der Waals surface area contributed by atoms with Gasteiger partial charge < -0.3 is 16.8 Å². The van der Waals surface area contributed by atoms with Gasteiger partial charge in [0.1, 0.15) is 5.54 Å². The molecule has 0 bridgehead atoms. The number of nitrogens with one attached hydrogen (secondary N) is 1. The number of nitrogens with zero attached hydrogens (tertiary/aromatic N) is 1. The number of benzene rings is 1. The van der Waals surface area contributed by atoms with Gasteiger partial charge in [-0.05, 0) is 19.9 Å². The van der Waals surface area contributed by atoms with Crippen molar-refractivity contribution in [2.45, 2.75) is 19.4 Å². The molecule has 0 unspecified atom stereocenters. The molecule has 0 heterocycles. The molecule has 0 spiro atoms. The molecule has 0 aliphatic heterocycles. The first-order valence-electron chi connectivity index (χ1n) is 5.31. The molecule has 0 saturated carbocycles. The Morgan fingerprint density at radius 1 is 1.37 bits per heavy atom. The molecular weight excluding hydrogens is 252 g/mol. The zero-order valence-electron chi connectivity index (χ0n) is 10.5. The second kappa shape index (κ2) is 4.92. The van der Waals surface area contributed by atoms with E-state index in [4.69, 9.17) is 11.5 Å². The maximum Gasteiger partial charge on any atom is 0.270 e. The van der Waals surface area contributed by atoms with E-state index in [1.54, 1.807) is 0 Å². The molecule has 1 aromatic carbocycles. The smallest absolute Gasteiger partial charge is 0.270 e. The largest absolute Gasteiger partial charge is 0.398 e. The highest BCUT2D eigenvalue weighted by atomic mass is 16.6. The van der Waals surface area contributed by atoms with E-state index in [1.165, 1.54) is 26.0 Å². The predicted octanol–water partition coefficient (Wildman–Crippen LogP) is 0.171. The normalized spacial score (nSPS) is 10.8. The molecular formula is C11H14N4O4. The highest BCUT2D eigenvalue weighted by Crippen LogP contribution is 2.20. The van der Waals surface area contributed by atoms with Gasteiger partial charge in [0.15, 0.2) is 0 Å². The summed E-state index contributed by atoms with van der Waals surface area (Å²) in [5.74, 6) is -1.44. The van der Waals surface area contributed by atoms with E-state index in [-0.39, 0.29) is 16.9 Å². The van der Waals surface area contributed by atoms with Crippen molar-refractivity contribution in [1.29, 1.82) is 0 Å². The first-order valence-corrected chi connectivity index (χ1v) is 5.31. The third-order valence-electron chi connectivity index (χ3n) is 2.53. The highest BCUT2D eigenvalue weighted by molar-refractivity contribution is 6.02. The number of amides is 2. The molecule has 0 aliphatic rings. The molecule has 1 aromatic rings. The van der Waals surface area contributed by atoms with E-state index < -0.39 is 22.3 Å². The van der Waals surface area contributed by atoms with Crippen LogP contribution in [0.2, 0.25) is 0 Å². The summed E-state index contributed by atoms with van der Waals surface area (Å²) in [6.45, 7) is 2.83. The van der Waals surface area contributed by atoms with E-state index in [2.05, 4.69) is 5.32 Å². The van der Waals surface area contributed by atoms with Gasteiger partial charge in [0.25, 0.3) is 11.6 Å². The second-order valence-electron chi connectivity index (χ2n) is 4.47. The van der Waals surface area contributed by atoms with Crippen LogP contribution in [0.1, 0.15) is 24.2 Å². The van der Waals surface area contributed by atoms with Crippen LogP contribution < -0.4 is 16.8 Å². The molecule has 102 valence electrons. The molecule has 0 atom stereocenters. The fourth-order valence-electron chi connectivity index (χ4n) is 1.27. The molecule has 5 N–H and O–H groups in total. The Morgan fingerprint density at radius 3 is 2.42 bits per heavy atom. The number of carbonyl (C=O) groups is 2. The van der Waals surface area contributed by atoms with Gasteiger partial charge in [-0.2, -0.15) is 0 Å². The minimum absolute atomic E-state index is 0.0726. The first-order chi connectivity index (χ1) is 8.65. The predicted molar refractivity (Wildman–Crippen MR) is 68.2 cm³/mol. The number of carbonyl (C=O) groups excluding carboxylic acids is 2. The van der Waals surface area contributed by atoms with Crippen molar-refractivity contribution in [3.05, 3.63) is 33.9 Å². The number of nitrogens with two attached hydrogens (primary N) is 2. The third kappa shape index (κ3) is 3.18. The molecule has 0 fully saturated rings. The summed E-state index contributed by atoms with van der Waals surface area (Å²) in [6, 6.07) is 3.48. The van der Waals surface area contributed by atoms with Crippen LogP contribution in [0.3, 0.4) is 0 Å². The molecule has 2 amide bonds. The molecule has 8 heteroatoms. The Bertz CT molecular complexity index is 554. The van der Waals surface area contributed by atoms with Gasteiger partial charge in [-0.3, -0.25) is 19.7 Å². The van der Waals surface area contributed by atoms with Crippen LogP contribution in [0.25, 0.3) is 0 Å². The van der Waals surface area contributed by atoms with Crippen molar-refractivity contribution in [2.24, 2.45) is 5.73 Å². The maximum absolute atomic E-state index is 11.9. The number of nitro groups is 1. The second-order valence-corrected chi connectivity index (χ2v) is 4.47. The van der Waals surface area contributed by atoms with E-state index in [0.717, 1.165) is 6.07 Å². The maximum atomic E-state index is 11.9. The van der Waals surface area contributed by atoms with Gasteiger partial charge >= 0.3 is 0 Å². The Morgan fingerprint density at radius 2 is 1.95 bits per heavy atom. The van der Waals surface area contributed by atoms with Crippen molar-refractivity contribution in [2.75, 3.05) is 5.73 Å². The van der Waals surface area contributed by atoms with Crippen LogP contribution in [0.15, 0.2) is 18.2 Å². The van der Waals surface area contributed by atoms with Crippen molar-refractivity contribution in [3.63, 3.8) is 0 Å². The van der Waals surface area contributed by atoms with E-state index >= 15 is 0 Å². The van der Waals surface area contributed by atoms with Gasteiger partial charge in [-0.1, -0.05) is 0 Å². The standard InChI is InChI=1S/C11H14N4O4/c1-11(2,10(13)17)14-9(16)7-5-6(15(18)19)3-4-8(7)12/h3-5H,12H2,1-2H3,(H2,13,17)(H,14,16). The Kier molecular flexibility index (Phi) is 3.74. The molecule has 0 radical (unpaired) electrons. The van der Waals surface area contributed by atoms with Crippen LogP contribution in [0, 0.1) is 10.1 Å². The van der Waals surface area contributed by atoms with Gasteiger partial charge in [-0.15, -0.1) is 0 Å². The molecule has 0 aliphatic carbocycles. The molecule has 0 saturated heterocycles. The SMILES string of the molecule is CC(C)(NC(=O)c1cc([N+](=O)[O-])ccc1N)C(N)=O. The van der Waals surface area contributed by atoms with Crippen molar-refractivity contribution in [1.82, 2.24) is 5.32 Å². The third-order valence-corrected chi connectivity index (χ3v) is 2.53. The minimum Gasteiger partial charge on any atom is -0.398 e. The Hall–Kier alpha value is -2.64. The van der Waals surface area contributed by atoms with Gasteiger partial charge in [-0.25, -0.2) is 0 Å². The monoisotopic (exact) mass is 266 g/mol. The molecule has 19 heavy (non-hydrogen) atoms. The van der Waals surface area contributed by atoms with Crippen LogP contribution in [0.4, 0.5) is 11.4 Å². The molecule has 8 nitrogen and oxygen atoms in total. The fraction of sp³-hybridized carbons (Fsp3) is 0.273. The van der Waals surface area contributed by atoms with Gasteiger partial charge in [0.05, 0.1) is 10.5 Å². The van der Waals surface area contributed by atoms with Gasteiger partial charge in [0.2, 0.25) is 5.91 Å². The van der Waals surface area contributed by atoms with E-state index in [9.17, 15) is 19.7 Å². The number of hydrogen-bond donors (Lipinski definition) is 3. The average Bonchev–Trinajstić information content (AvgIpc) is 2.28. The van der Waals surface area contributed by atoms with Crippen molar-refractivity contribution in [3.8, 4) is 0 Å². The number of non-ortho nitro benzene ring substituents is 1. The summed E-state index contributed by atoms with van der Waals surface area (Å²) in [5.41, 5.74) is 9.15. The number of primary amides is 1. The van der Waals surface area contributed by atoms with Crippen LogP contribution in [0.5, 0.6) is 0 Å². The van der Waals surface area contributed by atoms with Crippen LogP contribution >= 0.6 is 0 Å². The number of anilines is 1. The van der Waals surface area contributed by atoms with Crippen LogP contribution in [-0.2, 0) is 4.79 Å². The van der Waals surface area contributed by atoms with Crippen molar-refractivity contribution < 1.29 is 14.5 Å². The average molecular weight is 266 g/mol. The number of hydrogen-bond acceptors (Lipinski definition) is 5. The molecule has 0 aromatic heterocycles. The lowest BCUT2D eigenvalue weighted by Gasteiger charge is -2.22. The van der Waals surface area contributed by atoms with Gasteiger partial charge in [0, 0.05) is 17.8 Å².